The number of carboxylic acids is 1. The summed E-state index contributed by atoms with van der Waals surface area (Å²) in [6, 6.07) is 12.1. The van der Waals surface area contributed by atoms with Crippen LogP contribution in [-0.4, -0.2) is 36.4 Å². The Hall–Kier alpha value is -1.92. The second kappa shape index (κ2) is 5.13. The van der Waals surface area contributed by atoms with Crippen molar-refractivity contribution in [3.05, 3.63) is 42.5 Å². The zero-order valence-corrected chi connectivity index (χ0v) is 12.1. The van der Waals surface area contributed by atoms with Crippen LogP contribution in [0.5, 0.6) is 0 Å². The van der Waals surface area contributed by atoms with Crippen LogP contribution in [0.3, 0.4) is 0 Å². The number of carbonyl (C=O) groups is 1. The van der Waals surface area contributed by atoms with Gasteiger partial charge in [0.15, 0.2) is 0 Å². The Labute approximate surface area is 122 Å². The molecule has 3 rings (SSSR count). The molecule has 2 aromatic rings. The van der Waals surface area contributed by atoms with E-state index in [0.717, 1.165) is 22.5 Å². The van der Waals surface area contributed by atoms with E-state index in [9.17, 15) is 13.2 Å². The molecule has 0 amide bonds. The number of sulfonamides is 1. The van der Waals surface area contributed by atoms with Gasteiger partial charge in [0.2, 0.25) is 10.0 Å². The Morgan fingerprint density at radius 1 is 1.14 bits per heavy atom. The van der Waals surface area contributed by atoms with E-state index in [1.165, 1.54) is 6.07 Å². The van der Waals surface area contributed by atoms with Gasteiger partial charge in [0, 0.05) is 11.4 Å². The Balaban J connectivity index is 2.13. The van der Waals surface area contributed by atoms with Crippen LogP contribution in [0.25, 0.3) is 10.8 Å². The second-order valence-electron chi connectivity index (χ2n) is 5.15. The third kappa shape index (κ3) is 2.64. The smallest absolute Gasteiger partial charge is 0.318 e. The highest BCUT2D eigenvalue weighted by Gasteiger charge is 2.39. The molecule has 2 aromatic carbocycles. The highest BCUT2D eigenvalue weighted by molar-refractivity contribution is 7.89. The zero-order valence-electron chi connectivity index (χ0n) is 11.3. The quantitative estimate of drug-likeness (QED) is 0.917. The van der Waals surface area contributed by atoms with Gasteiger partial charge in [-0.25, -0.2) is 8.42 Å². The first-order valence-electron chi connectivity index (χ1n) is 6.71. The number of nitrogens with zero attached hydrogens (tertiary/aromatic N) is 1. The maximum Gasteiger partial charge on any atom is 0.318 e. The summed E-state index contributed by atoms with van der Waals surface area (Å²) in [5.74, 6) is -1.13. The van der Waals surface area contributed by atoms with Gasteiger partial charge in [0.05, 0.1) is 4.90 Å². The van der Waals surface area contributed by atoms with E-state index >= 15 is 0 Å². The van der Waals surface area contributed by atoms with Crippen molar-refractivity contribution in [1.29, 1.82) is 0 Å². The Bertz CT molecular complexity index is 791. The van der Waals surface area contributed by atoms with E-state index < -0.39 is 22.5 Å². The number of aliphatic carboxylic acids is 1. The molecule has 0 aliphatic heterocycles. The number of benzene rings is 2. The second-order valence-corrected chi connectivity index (χ2v) is 7.01. The van der Waals surface area contributed by atoms with Gasteiger partial charge in [-0.3, -0.25) is 4.79 Å². The van der Waals surface area contributed by atoms with Crippen LogP contribution in [0.15, 0.2) is 47.4 Å². The van der Waals surface area contributed by atoms with Crippen molar-refractivity contribution in [1.82, 2.24) is 4.31 Å². The van der Waals surface area contributed by atoms with Gasteiger partial charge in [-0.2, -0.15) is 4.31 Å². The molecule has 0 saturated heterocycles. The molecule has 6 heteroatoms. The van der Waals surface area contributed by atoms with Crippen LogP contribution in [0, 0.1) is 0 Å². The lowest BCUT2D eigenvalue weighted by atomic mass is 10.1. The van der Waals surface area contributed by atoms with Crippen molar-refractivity contribution >= 4 is 26.8 Å². The lowest BCUT2D eigenvalue weighted by Gasteiger charge is -2.20. The van der Waals surface area contributed by atoms with Crippen molar-refractivity contribution in [2.45, 2.75) is 23.8 Å². The molecule has 0 atom stereocenters. The molecule has 110 valence electrons. The fraction of sp³-hybridized carbons (Fsp3) is 0.267. The topological polar surface area (TPSA) is 74.7 Å². The molecule has 0 unspecified atom stereocenters. The monoisotopic (exact) mass is 305 g/mol. The van der Waals surface area contributed by atoms with Gasteiger partial charge in [-0.1, -0.05) is 36.4 Å². The van der Waals surface area contributed by atoms with Crippen LogP contribution >= 0.6 is 0 Å². The summed E-state index contributed by atoms with van der Waals surface area (Å²) in [6.07, 6.45) is 1.44. The van der Waals surface area contributed by atoms with E-state index in [2.05, 4.69) is 0 Å². The highest BCUT2D eigenvalue weighted by Crippen LogP contribution is 2.34. The van der Waals surface area contributed by atoms with Gasteiger partial charge in [-0.15, -0.1) is 0 Å². The standard InChI is InChI=1S/C15H15NO4S/c17-15(18)10-16(12-8-9-12)21(19,20)14-7-3-5-11-4-1-2-6-13(11)14/h1-7,12H,8-10H2,(H,17,18). The molecule has 0 bridgehead atoms. The maximum absolute atomic E-state index is 12.8. The molecule has 0 aromatic heterocycles. The summed E-state index contributed by atoms with van der Waals surface area (Å²) >= 11 is 0. The zero-order chi connectivity index (χ0) is 15.0. The van der Waals surface area contributed by atoms with Crippen molar-refractivity contribution in [2.75, 3.05) is 6.54 Å². The van der Waals surface area contributed by atoms with Gasteiger partial charge in [0.25, 0.3) is 0 Å². The fourth-order valence-electron chi connectivity index (χ4n) is 2.45. The minimum Gasteiger partial charge on any atom is -0.480 e. The van der Waals surface area contributed by atoms with E-state index in [-0.39, 0.29) is 10.9 Å². The van der Waals surface area contributed by atoms with Crippen LogP contribution in [-0.2, 0) is 14.8 Å². The fourth-order valence-corrected chi connectivity index (χ4v) is 4.30. The molecule has 1 aliphatic rings. The van der Waals surface area contributed by atoms with Crippen LogP contribution < -0.4 is 0 Å². The van der Waals surface area contributed by atoms with Crippen molar-refractivity contribution in [2.24, 2.45) is 0 Å². The molecular formula is C15H15NO4S. The lowest BCUT2D eigenvalue weighted by Crippen LogP contribution is -2.37. The van der Waals surface area contributed by atoms with E-state index in [0.29, 0.717) is 5.39 Å². The van der Waals surface area contributed by atoms with Gasteiger partial charge < -0.3 is 5.11 Å². The molecule has 5 nitrogen and oxygen atoms in total. The van der Waals surface area contributed by atoms with Crippen molar-refractivity contribution < 1.29 is 18.3 Å². The molecule has 0 heterocycles. The summed E-state index contributed by atoms with van der Waals surface area (Å²) in [7, 11) is -3.81. The predicted octanol–water partition coefficient (Wildman–Crippen LogP) is 2.08. The number of hydrogen-bond acceptors (Lipinski definition) is 3. The average molecular weight is 305 g/mol. The number of hydrogen-bond donors (Lipinski definition) is 1. The lowest BCUT2D eigenvalue weighted by molar-refractivity contribution is -0.137. The van der Waals surface area contributed by atoms with Crippen LogP contribution in [0.1, 0.15) is 12.8 Å². The maximum atomic E-state index is 12.8. The summed E-state index contributed by atoms with van der Waals surface area (Å²) in [5, 5.41) is 10.4. The summed E-state index contributed by atoms with van der Waals surface area (Å²) in [6.45, 7) is -0.490. The van der Waals surface area contributed by atoms with Crippen LogP contribution in [0.4, 0.5) is 0 Å². The highest BCUT2D eigenvalue weighted by atomic mass is 32.2. The number of carboxylic acid groups (broad SMARTS) is 1. The van der Waals surface area contributed by atoms with E-state index in [1.54, 1.807) is 18.2 Å². The van der Waals surface area contributed by atoms with Gasteiger partial charge in [-0.05, 0) is 24.3 Å². The summed E-state index contributed by atoms with van der Waals surface area (Å²) < 4.78 is 26.8. The number of fused-ring (bicyclic) bond motifs is 1. The molecule has 1 saturated carbocycles. The molecule has 1 fully saturated rings. The molecule has 21 heavy (non-hydrogen) atoms. The molecule has 1 N–H and O–H groups in total. The molecule has 0 radical (unpaired) electrons. The van der Waals surface area contributed by atoms with Crippen molar-refractivity contribution in [3.63, 3.8) is 0 Å². The molecule has 0 spiro atoms. The van der Waals surface area contributed by atoms with E-state index in [4.69, 9.17) is 5.11 Å². The SMILES string of the molecule is O=C(O)CN(C1CC1)S(=O)(=O)c1cccc2ccccc12. The third-order valence-electron chi connectivity index (χ3n) is 3.58. The predicted molar refractivity (Wildman–Crippen MR) is 78.5 cm³/mol. The van der Waals surface area contributed by atoms with Gasteiger partial charge in [0.1, 0.15) is 6.54 Å². The first-order chi connectivity index (χ1) is 10.00. The Kier molecular flexibility index (Phi) is 3.43. The average Bonchev–Trinajstić information content (AvgIpc) is 3.28. The first-order valence-corrected chi connectivity index (χ1v) is 8.15. The summed E-state index contributed by atoms with van der Waals surface area (Å²) in [4.78, 5) is 11.2. The van der Waals surface area contributed by atoms with Crippen molar-refractivity contribution in [3.8, 4) is 0 Å². The molecular weight excluding hydrogens is 290 g/mol. The van der Waals surface area contributed by atoms with E-state index in [1.807, 2.05) is 18.2 Å². The van der Waals surface area contributed by atoms with Gasteiger partial charge >= 0.3 is 5.97 Å². The minimum atomic E-state index is -3.81. The largest absolute Gasteiger partial charge is 0.480 e. The Morgan fingerprint density at radius 2 is 1.81 bits per heavy atom. The Morgan fingerprint density at radius 3 is 2.48 bits per heavy atom. The normalized spacial score (nSPS) is 15.5. The third-order valence-corrected chi connectivity index (χ3v) is 5.54. The van der Waals surface area contributed by atoms with Crippen LogP contribution in [0.2, 0.25) is 0 Å². The first kappa shape index (κ1) is 14.0. The minimum absolute atomic E-state index is 0.175. The number of rotatable bonds is 5. The molecule has 1 aliphatic carbocycles. The summed E-state index contributed by atoms with van der Waals surface area (Å²) in [5.41, 5.74) is 0.